The molecule has 0 aromatic heterocycles. The molecular weight excluding hydrogens is 184 g/mol. The predicted molar refractivity (Wildman–Crippen MR) is 58.4 cm³/mol. The highest BCUT2D eigenvalue weighted by Gasteiger charge is 1.95. The van der Waals surface area contributed by atoms with E-state index in [0.717, 1.165) is 18.6 Å². The lowest BCUT2D eigenvalue weighted by Crippen LogP contribution is -1.93. The molecule has 1 N–H and O–H groups in total. The molecule has 0 aliphatic rings. The molecule has 3 heteroatoms. The second-order valence-electron chi connectivity index (χ2n) is 3.34. The Kier molecular flexibility index (Phi) is 9.77. The summed E-state index contributed by atoms with van der Waals surface area (Å²) in [5.74, 6) is 0.314. The Bertz CT molecular complexity index is 126. The molecule has 0 bridgehead atoms. The van der Waals surface area contributed by atoms with Crippen LogP contribution in [0.15, 0.2) is 0 Å². The van der Waals surface area contributed by atoms with E-state index in [4.69, 9.17) is 5.11 Å². The van der Waals surface area contributed by atoms with Crippen molar-refractivity contribution in [3.05, 3.63) is 0 Å². The van der Waals surface area contributed by atoms with Crippen LogP contribution in [0.3, 0.4) is 0 Å². The van der Waals surface area contributed by atoms with Gasteiger partial charge >= 0.3 is 5.97 Å². The number of hydrogen-bond donors (Lipinski definition) is 2. The second-order valence-corrected chi connectivity index (χ2v) is 3.79. The Labute approximate surface area is 86.1 Å². The van der Waals surface area contributed by atoms with Gasteiger partial charge in [-0.1, -0.05) is 32.1 Å². The summed E-state index contributed by atoms with van der Waals surface area (Å²) < 4.78 is 0. The lowest BCUT2D eigenvalue weighted by molar-refractivity contribution is -0.137. The van der Waals surface area contributed by atoms with Gasteiger partial charge in [-0.3, -0.25) is 4.79 Å². The molecule has 0 saturated carbocycles. The van der Waals surface area contributed by atoms with E-state index in [1.54, 1.807) is 0 Å². The van der Waals surface area contributed by atoms with Crippen LogP contribution in [-0.2, 0) is 4.79 Å². The van der Waals surface area contributed by atoms with Crippen LogP contribution in [0.4, 0.5) is 0 Å². The smallest absolute Gasteiger partial charge is 0.303 e. The van der Waals surface area contributed by atoms with E-state index in [0.29, 0.717) is 6.42 Å². The van der Waals surface area contributed by atoms with Crippen molar-refractivity contribution in [2.75, 3.05) is 5.75 Å². The highest BCUT2D eigenvalue weighted by molar-refractivity contribution is 7.80. The maximum absolute atomic E-state index is 10.2. The molecule has 0 unspecified atom stereocenters. The number of aliphatic carboxylic acids is 1. The third-order valence-corrected chi connectivity index (χ3v) is 2.36. The number of carboxylic acid groups (broad SMARTS) is 1. The Hall–Kier alpha value is -0.180. The Balaban J connectivity index is 2.87. The summed E-state index contributed by atoms with van der Waals surface area (Å²) >= 11 is 4.14. The summed E-state index contributed by atoms with van der Waals surface area (Å²) in [5, 5.41) is 8.38. The molecule has 0 rings (SSSR count). The molecule has 0 amide bonds. The van der Waals surface area contributed by atoms with Crippen LogP contribution >= 0.6 is 12.6 Å². The minimum absolute atomic E-state index is 0.330. The standard InChI is InChI=1S/C10H20O2S/c11-10(12)8-6-4-2-1-3-5-7-9-13/h13H,1-9H2,(H,11,12). The Morgan fingerprint density at radius 2 is 1.38 bits per heavy atom. The van der Waals surface area contributed by atoms with Crippen LogP contribution in [0.2, 0.25) is 0 Å². The number of rotatable bonds is 9. The Morgan fingerprint density at radius 1 is 0.923 bits per heavy atom. The number of thiol groups is 1. The fourth-order valence-electron chi connectivity index (χ4n) is 1.27. The molecule has 2 nitrogen and oxygen atoms in total. The molecule has 0 aliphatic carbocycles. The molecule has 0 spiro atoms. The summed E-state index contributed by atoms with van der Waals surface area (Å²) in [6, 6.07) is 0. The number of carboxylic acids is 1. The van der Waals surface area contributed by atoms with E-state index in [1.807, 2.05) is 0 Å². The van der Waals surface area contributed by atoms with Gasteiger partial charge in [0.25, 0.3) is 0 Å². The van der Waals surface area contributed by atoms with Gasteiger partial charge in [-0.15, -0.1) is 0 Å². The molecule has 0 heterocycles. The monoisotopic (exact) mass is 204 g/mol. The summed E-state index contributed by atoms with van der Waals surface area (Å²) in [6.45, 7) is 0. The van der Waals surface area contributed by atoms with E-state index in [1.165, 1.54) is 32.1 Å². The van der Waals surface area contributed by atoms with Crippen molar-refractivity contribution in [2.24, 2.45) is 0 Å². The average Bonchev–Trinajstić information content (AvgIpc) is 2.09. The van der Waals surface area contributed by atoms with Crippen molar-refractivity contribution in [3.63, 3.8) is 0 Å². The van der Waals surface area contributed by atoms with Crippen molar-refractivity contribution in [1.82, 2.24) is 0 Å². The van der Waals surface area contributed by atoms with Crippen LogP contribution in [0.5, 0.6) is 0 Å². The van der Waals surface area contributed by atoms with Gasteiger partial charge in [0.15, 0.2) is 0 Å². The van der Waals surface area contributed by atoms with Gasteiger partial charge in [-0.05, 0) is 18.6 Å². The fraction of sp³-hybridized carbons (Fsp3) is 0.900. The zero-order valence-electron chi connectivity index (χ0n) is 8.17. The van der Waals surface area contributed by atoms with Gasteiger partial charge in [-0.25, -0.2) is 0 Å². The number of carbonyl (C=O) groups is 1. The van der Waals surface area contributed by atoms with Crippen molar-refractivity contribution in [3.8, 4) is 0 Å². The first-order valence-corrected chi connectivity index (χ1v) is 5.73. The van der Waals surface area contributed by atoms with Crippen molar-refractivity contribution < 1.29 is 9.90 Å². The van der Waals surface area contributed by atoms with E-state index < -0.39 is 5.97 Å². The van der Waals surface area contributed by atoms with Crippen LogP contribution < -0.4 is 0 Å². The maximum Gasteiger partial charge on any atom is 0.303 e. The summed E-state index contributed by atoms with van der Waals surface area (Å²) in [7, 11) is 0. The molecule has 13 heavy (non-hydrogen) atoms. The molecule has 0 saturated heterocycles. The van der Waals surface area contributed by atoms with Crippen molar-refractivity contribution in [1.29, 1.82) is 0 Å². The third-order valence-electron chi connectivity index (χ3n) is 2.05. The Morgan fingerprint density at radius 3 is 1.85 bits per heavy atom. The topological polar surface area (TPSA) is 37.3 Å². The van der Waals surface area contributed by atoms with E-state index in [2.05, 4.69) is 12.6 Å². The zero-order valence-corrected chi connectivity index (χ0v) is 9.06. The van der Waals surface area contributed by atoms with Crippen LogP contribution in [0.25, 0.3) is 0 Å². The number of hydrogen-bond acceptors (Lipinski definition) is 2. The summed E-state index contributed by atoms with van der Waals surface area (Å²) in [4.78, 5) is 10.2. The van der Waals surface area contributed by atoms with Gasteiger partial charge in [0.05, 0.1) is 0 Å². The molecule has 0 aromatic rings. The van der Waals surface area contributed by atoms with E-state index in [-0.39, 0.29) is 0 Å². The predicted octanol–water partition coefficient (Wildman–Crippen LogP) is 3.12. The molecule has 0 aliphatic heterocycles. The van der Waals surface area contributed by atoms with Crippen molar-refractivity contribution in [2.45, 2.75) is 51.4 Å². The maximum atomic E-state index is 10.2. The minimum Gasteiger partial charge on any atom is -0.481 e. The fourth-order valence-corrected chi connectivity index (χ4v) is 1.50. The lowest BCUT2D eigenvalue weighted by Gasteiger charge is -1.99. The van der Waals surface area contributed by atoms with Crippen LogP contribution in [0.1, 0.15) is 51.4 Å². The van der Waals surface area contributed by atoms with Gasteiger partial charge in [0.1, 0.15) is 0 Å². The minimum atomic E-state index is -0.671. The van der Waals surface area contributed by atoms with Gasteiger partial charge in [-0.2, -0.15) is 12.6 Å². The lowest BCUT2D eigenvalue weighted by atomic mass is 10.1. The summed E-state index contributed by atoms with van der Waals surface area (Å²) in [6.07, 6.45) is 8.40. The number of unbranched alkanes of at least 4 members (excludes halogenated alkanes) is 6. The van der Waals surface area contributed by atoms with E-state index in [9.17, 15) is 4.79 Å². The first kappa shape index (κ1) is 12.8. The molecule has 78 valence electrons. The quantitative estimate of drug-likeness (QED) is 0.447. The third kappa shape index (κ3) is 11.8. The normalized spacial score (nSPS) is 10.2. The van der Waals surface area contributed by atoms with Crippen LogP contribution in [0, 0.1) is 0 Å². The molecule has 0 aromatic carbocycles. The highest BCUT2D eigenvalue weighted by Crippen LogP contribution is 2.08. The average molecular weight is 204 g/mol. The van der Waals surface area contributed by atoms with Gasteiger partial charge < -0.3 is 5.11 Å². The molecule has 0 radical (unpaired) electrons. The molecule has 0 atom stereocenters. The van der Waals surface area contributed by atoms with Gasteiger partial charge in [0, 0.05) is 6.42 Å². The first-order chi connectivity index (χ1) is 6.27. The molecule has 0 fully saturated rings. The highest BCUT2D eigenvalue weighted by atomic mass is 32.1. The largest absolute Gasteiger partial charge is 0.481 e. The van der Waals surface area contributed by atoms with Crippen molar-refractivity contribution >= 4 is 18.6 Å². The summed E-state index contributed by atoms with van der Waals surface area (Å²) in [5.41, 5.74) is 0. The second kappa shape index (κ2) is 9.90. The van der Waals surface area contributed by atoms with Crippen LogP contribution in [-0.4, -0.2) is 16.8 Å². The van der Waals surface area contributed by atoms with E-state index >= 15 is 0 Å². The first-order valence-electron chi connectivity index (χ1n) is 5.10. The van der Waals surface area contributed by atoms with Gasteiger partial charge in [0.2, 0.25) is 0 Å². The SMILES string of the molecule is O=C(O)CCCCCCCCCS. The zero-order chi connectivity index (χ0) is 9.94. The molecular formula is C10H20O2S.